The Balaban J connectivity index is 1.19. The first kappa shape index (κ1) is 14.1. The van der Waals surface area contributed by atoms with Crippen LogP contribution in [-0.4, -0.2) is 12.7 Å². The lowest BCUT2D eigenvalue weighted by molar-refractivity contribution is -0.0108. The van der Waals surface area contributed by atoms with E-state index < -0.39 is 0 Å². The van der Waals surface area contributed by atoms with E-state index in [-0.39, 0.29) is 0 Å². The Morgan fingerprint density at radius 3 is 2.32 bits per heavy atom. The summed E-state index contributed by atoms with van der Waals surface area (Å²) in [5, 5.41) is 0. The van der Waals surface area contributed by atoms with Gasteiger partial charge in [-0.3, -0.25) is 0 Å². The minimum absolute atomic E-state index is 0.593. The van der Waals surface area contributed by atoms with Crippen LogP contribution in [0.4, 0.5) is 0 Å². The van der Waals surface area contributed by atoms with Gasteiger partial charge in [-0.15, -0.1) is 0 Å². The van der Waals surface area contributed by atoms with Crippen molar-refractivity contribution in [2.24, 2.45) is 41.4 Å². The van der Waals surface area contributed by atoms with E-state index in [0.29, 0.717) is 6.10 Å². The van der Waals surface area contributed by atoms with Gasteiger partial charge in [-0.2, -0.15) is 0 Å². The third-order valence-corrected chi connectivity index (χ3v) is 8.01. The predicted molar refractivity (Wildman–Crippen MR) is 89.5 cm³/mol. The number of hydrogen-bond donors (Lipinski definition) is 0. The summed E-state index contributed by atoms with van der Waals surface area (Å²) >= 11 is 0. The maximum absolute atomic E-state index is 6.47. The summed E-state index contributed by atoms with van der Waals surface area (Å²) < 4.78 is 6.47. The molecule has 1 nitrogen and oxygen atoms in total. The van der Waals surface area contributed by atoms with Gasteiger partial charge in [0.1, 0.15) is 0 Å². The first-order chi connectivity index (χ1) is 10.9. The lowest BCUT2D eigenvalue weighted by Crippen LogP contribution is -2.33. The molecule has 0 aromatic carbocycles. The maximum atomic E-state index is 6.47. The third kappa shape index (κ3) is 2.22. The zero-order chi connectivity index (χ0) is 14.5. The molecule has 0 radical (unpaired) electrons. The highest BCUT2D eigenvalue weighted by molar-refractivity contribution is 5.20. The molecule has 22 heavy (non-hydrogen) atoms. The van der Waals surface area contributed by atoms with E-state index in [4.69, 9.17) is 4.74 Å². The zero-order valence-electron chi connectivity index (χ0n) is 14.0. The highest BCUT2D eigenvalue weighted by Gasteiger charge is 2.60. The van der Waals surface area contributed by atoms with Crippen molar-refractivity contribution in [1.29, 1.82) is 0 Å². The maximum Gasteiger partial charge on any atom is 0.0575 e. The first-order valence-electron chi connectivity index (χ1n) is 10.2. The molecule has 0 N–H and O–H groups in total. The van der Waals surface area contributed by atoms with Gasteiger partial charge in [-0.25, -0.2) is 0 Å². The Bertz CT molecular complexity index is 433. The van der Waals surface area contributed by atoms with Crippen molar-refractivity contribution in [1.82, 2.24) is 0 Å². The van der Waals surface area contributed by atoms with Crippen LogP contribution in [0.1, 0.15) is 64.2 Å². The van der Waals surface area contributed by atoms with E-state index in [1.54, 1.807) is 6.42 Å². The Kier molecular flexibility index (Phi) is 3.62. The van der Waals surface area contributed by atoms with Gasteiger partial charge in [0.2, 0.25) is 0 Å². The Labute approximate surface area is 135 Å². The molecule has 0 aromatic heterocycles. The minimum atomic E-state index is 0.593. The molecule has 4 fully saturated rings. The quantitative estimate of drug-likeness (QED) is 0.513. The molecule has 4 bridgehead atoms. The Morgan fingerprint density at radius 2 is 1.50 bits per heavy atom. The van der Waals surface area contributed by atoms with Gasteiger partial charge in [0.25, 0.3) is 0 Å². The van der Waals surface area contributed by atoms with Crippen molar-refractivity contribution >= 4 is 0 Å². The molecular formula is C21H32O. The standard InChI is InChI=1S/C21H32O/c1-2-4-6-18(7-5-3-1)22-13-17-11-16-12-19(17)21-15-9-8-14(10-15)20(16)21/h8-9,14-21H,1-7,10-13H2. The molecule has 0 saturated heterocycles. The average molecular weight is 300 g/mol. The largest absolute Gasteiger partial charge is 0.378 e. The lowest BCUT2D eigenvalue weighted by Gasteiger charge is -2.37. The van der Waals surface area contributed by atoms with Gasteiger partial charge in [0, 0.05) is 0 Å². The van der Waals surface area contributed by atoms with Crippen LogP contribution in [0.25, 0.3) is 0 Å². The topological polar surface area (TPSA) is 9.23 Å². The summed E-state index contributed by atoms with van der Waals surface area (Å²) in [5.41, 5.74) is 0. The molecule has 122 valence electrons. The molecule has 0 aliphatic heterocycles. The third-order valence-electron chi connectivity index (χ3n) is 8.01. The SMILES string of the molecule is C1=CC2CC1C1C3CC(COC4CCCCCCC4)C(C3)C21. The van der Waals surface area contributed by atoms with E-state index in [1.807, 2.05) is 0 Å². The van der Waals surface area contributed by atoms with Crippen LogP contribution in [0.2, 0.25) is 0 Å². The van der Waals surface area contributed by atoms with E-state index in [9.17, 15) is 0 Å². The second-order valence-corrected chi connectivity index (χ2v) is 9.06. The van der Waals surface area contributed by atoms with Gasteiger partial charge in [-0.1, -0.05) is 44.3 Å². The Morgan fingerprint density at radius 1 is 0.773 bits per heavy atom. The molecule has 5 aliphatic rings. The number of allylic oxidation sites excluding steroid dienone is 2. The van der Waals surface area contributed by atoms with Gasteiger partial charge in [-0.05, 0) is 73.5 Å². The predicted octanol–water partition coefficient (Wildman–Crippen LogP) is 5.21. The van der Waals surface area contributed by atoms with Crippen LogP contribution in [0, 0.1) is 41.4 Å². The van der Waals surface area contributed by atoms with Gasteiger partial charge < -0.3 is 4.74 Å². The first-order valence-corrected chi connectivity index (χ1v) is 10.2. The molecule has 4 saturated carbocycles. The summed E-state index contributed by atoms with van der Waals surface area (Å²) in [6.07, 6.45) is 20.1. The fourth-order valence-corrected chi connectivity index (χ4v) is 7.19. The van der Waals surface area contributed by atoms with Gasteiger partial charge in [0.05, 0.1) is 12.7 Å². The monoisotopic (exact) mass is 300 g/mol. The van der Waals surface area contributed by atoms with Crippen molar-refractivity contribution in [3.63, 3.8) is 0 Å². The van der Waals surface area contributed by atoms with Crippen molar-refractivity contribution in [2.75, 3.05) is 6.61 Å². The molecule has 5 aliphatic carbocycles. The van der Waals surface area contributed by atoms with Crippen LogP contribution in [0.3, 0.4) is 0 Å². The van der Waals surface area contributed by atoms with E-state index in [2.05, 4.69) is 12.2 Å². The minimum Gasteiger partial charge on any atom is -0.378 e. The molecule has 1 heteroatoms. The Hall–Kier alpha value is -0.300. The molecule has 0 aromatic rings. The molecule has 5 rings (SSSR count). The number of rotatable bonds is 3. The second-order valence-electron chi connectivity index (χ2n) is 9.06. The second kappa shape index (κ2) is 5.65. The molecule has 0 heterocycles. The summed E-state index contributed by atoms with van der Waals surface area (Å²) in [7, 11) is 0. The van der Waals surface area contributed by atoms with Crippen LogP contribution >= 0.6 is 0 Å². The fourth-order valence-electron chi connectivity index (χ4n) is 7.19. The summed E-state index contributed by atoms with van der Waals surface area (Å²) in [5.74, 6) is 7.04. The van der Waals surface area contributed by atoms with Crippen LogP contribution in [0.15, 0.2) is 12.2 Å². The van der Waals surface area contributed by atoms with Gasteiger partial charge >= 0.3 is 0 Å². The van der Waals surface area contributed by atoms with Crippen LogP contribution in [0.5, 0.6) is 0 Å². The lowest BCUT2D eigenvalue weighted by atomic mass is 9.69. The molecular weight excluding hydrogens is 268 g/mol. The van der Waals surface area contributed by atoms with E-state index >= 15 is 0 Å². The normalized spacial score (nSPS) is 50.3. The highest BCUT2D eigenvalue weighted by Crippen LogP contribution is 2.66. The van der Waals surface area contributed by atoms with Crippen LogP contribution in [-0.2, 0) is 4.74 Å². The zero-order valence-corrected chi connectivity index (χ0v) is 14.0. The van der Waals surface area contributed by atoms with E-state index in [0.717, 1.165) is 48.0 Å². The highest BCUT2D eigenvalue weighted by atomic mass is 16.5. The molecule has 7 unspecified atom stereocenters. The fraction of sp³-hybridized carbons (Fsp3) is 0.905. The number of hydrogen-bond acceptors (Lipinski definition) is 1. The summed E-state index contributed by atoms with van der Waals surface area (Å²) in [6, 6.07) is 0. The van der Waals surface area contributed by atoms with Crippen molar-refractivity contribution in [3.8, 4) is 0 Å². The van der Waals surface area contributed by atoms with Crippen molar-refractivity contribution < 1.29 is 4.74 Å². The summed E-state index contributed by atoms with van der Waals surface area (Å²) in [6.45, 7) is 1.09. The van der Waals surface area contributed by atoms with Gasteiger partial charge in [0.15, 0.2) is 0 Å². The molecule has 7 atom stereocenters. The molecule has 0 amide bonds. The summed E-state index contributed by atoms with van der Waals surface area (Å²) in [4.78, 5) is 0. The number of fused-ring (bicyclic) bond motifs is 9. The molecule has 0 spiro atoms. The smallest absolute Gasteiger partial charge is 0.0575 e. The number of ether oxygens (including phenoxy) is 1. The van der Waals surface area contributed by atoms with E-state index in [1.165, 1.54) is 57.8 Å². The van der Waals surface area contributed by atoms with Crippen molar-refractivity contribution in [2.45, 2.75) is 70.3 Å². The van der Waals surface area contributed by atoms with Crippen molar-refractivity contribution in [3.05, 3.63) is 12.2 Å². The average Bonchev–Trinajstić information content (AvgIpc) is 3.24. The van der Waals surface area contributed by atoms with Crippen LogP contribution < -0.4 is 0 Å².